The Balaban J connectivity index is 1.50. The van der Waals surface area contributed by atoms with E-state index in [0.29, 0.717) is 34.4 Å². The molecule has 2 aromatic heterocycles. The van der Waals surface area contributed by atoms with Crippen molar-refractivity contribution in [2.75, 3.05) is 6.61 Å². The van der Waals surface area contributed by atoms with E-state index in [1.807, 2.05) is 26.0 Å². The van der Waals surface area contributed by atoms with E-state index in [0.717, 1.165) is 5.76 Å². The Morgan fingerprint density at radius 1 is 1.15 bits per heavy atom. The molecule has 0 aliphatic heterocycles. The van der Waals surface area contributed by atoms with Gasteiger partial charge in [-0.05, 0) is 50.2 Å². The van der Waals surface area contributed by atoms with Gasteiger partial charge in [0.25, 0.3) is 5.91 Å². The van der Waals surface area contributed by atoms with Crippen molar-refractivity contribution < 1.29 is 18.7 Å². The molecule has 0 aliphatic rings. The van der Waals surface area contributed by atoms with E-state index < -0.39 is 5.91 Å². The second-order valence-electron chi connectivity index (χ2n) is 5.69. The number of ether oxygens (including phenoxy) is 1. The first-order chi connectivity index (χ1) is 13.0. The van der Waals surface area contributed by atoms with Crippen LogP contribution in [0.1, 0.15) is 28.7 Å². The molecule has 7 nitrogen and oxygen atoms in total. The number of hydrazine groups is 1. The summed E-state index contributed by atoms with van der Waals surface area (Å²) in [5, 5.41) is 2.51. The van der Waals surface area contributed by atoms with Crippen LogP contribution in [-0.4, -0.2) is 23.4 Å². The first-order valence-corrected chi connectivity index (χ1v) is 9.26. The quantitative estimate of drug-likeness (QED) is 0.636. The fourth-order valence-corrected chi connectivity index (χ4v) is 3.11. The predicted molar refractivity (Wildman–Crippen MR) is 101 cm³/mol. The summed E-state index contributed by atoms with van der Waals surface area (Å²) in [5.41, 5.74) is 5.81. The number of amides is 2. The van der Waals surface area contributed by atoms with Gasteiger partial charge in [-0.1, -0.05) is 0 Å². The SMILES string of the molecule is CCOc1ccc(C(=O)NNC(=O)Cc2csc(-c3ccc(C)o3)n2)cc1. The van der Waals surface area contributed by atoms with Gasteiger partial charge in [-0.25, -0.2) is 4.98 Å². The van der Waals surface area contributed by atoms with Gasteiger partial charge in [0.1, 0.15) is 11.5 Å². The number of rotatable bonds is 6. The smallest absolute Gasteiger partial charge is 0.269 e. The minimum Gasteiger partial charge on any atom is -0.494 e. The molecule has 3 rings (SSSR count). The highest BCUT2D eigenvalue weighted by Gasteiger charge is 2.12. The number of thiazole rings is 1. The van der Waals surface area contributed by atoms with Gasteiger partial charge in [-0.3, -0.25) is 20.4 Å². The number of nitrogens with one attached hydrogen (secondary N) is 2. The lowest BCUT2D eigenvalue weighted by Gasteiger charge is -2.07. The summed E-state index contributed by atoms with van der Waals surface area (Å²) in [5.74, 6) is 1.40. The Morgan fingerprint density at radius 3 is 2.59 bits per heavy atom. The predicted octanol–water partition coefficient (Wildman–Crippen LogP) is 3.11. The summed E-state index contributed by atoms with van der Waals surface area (Å²) in [6.45, 7) is 4.30. The van der Waals surface area contributed by atoms with E-state index in [-0.39, 0.29) is 12.3 Å². The fourth-order valence-electron chi connectivity index (χ4n) is 2.33. The van der Waals surface area contributed by atoms with E-state index in [2.05, 4.69) is 15.8 Å². The third-order valence-electron chi connectivity index (χ3n) is 3.59. The molecule has 27 heavy (non-hydrogen) atoms. The topological polar surface area (TPSA) is 93.5 Å². The lowest BCUT2D eigenvalue weighted by Crippen LogP contribution is -2.42. The Hall–Kier alpha value is -3.13. The number of aromatic nitrogens is 1. The fraction of sp³-hybridized carbons (Fsp3) is 0.211. The summed E-state index contributed by atoms with van der Waals surface area (Å²) in [6.07, 6.45) is 0.0553. The van der Waals surface area contributed by atoms with E-state index in [1.54, 1.807) is 29.6 Å². The minimum absolute atomic E-state index is 0.0553. The molecule has 0 atom stereocenters. The lowest BCUT2D eigenvalue weighted by molar-refractivity contribution is -0.121. The van der Waals surface area contributed by atoms with Crippen LogP contribution < -0.4 is 15.6 Å². The van der Waals surface area contributed by atoms with Gasteiger partial charge in [0.05, 0.1) is 18.7 Å². The van der Waals surface area contributed by atoms with Crippen LogP contribution in [0.2, 0.25) is 0 Å². The molecule has 0 unspecified atom stereocenters. The Labute approximate surface area is 160 Å². The molecule has 0 bridgehead atoms. The molecular formula is C19H19N3O4S. The standard InChI is InChI=1S/C19H19N3O4S/c1-3-25-15-7-5-13(6-8-15)18(24)22-21-17(23)10-14-11-27-19(20-14)16-9-4-12(2)26-16/h4-9,11H,3,10H2,1-2H3,(H,21,23)(H,22,24). The van der Waals surface area contributed by atoms with Crippen LogP contribution in [0.4, 0.5) is 0 Å². The Morgan fingerprint density at radius 2 is 1.93 bits per heavy atom. The van der Waals surface area contributed by atoms with Crippen LogP contribution in [0.5, 0.6) is 5.75 Å². The van der Waals surface area contributed by atoms with Crippen LogP contribution in [0, 0.1) is 6.92 Å². The van der Waals surface area contributed by atoms with Gasteiger partial charge < -0.3 is 9.15 Å². The third kappa shape index (κ3) is 4.95. The maximum atomic E-state index is 12.1. The van der Waals surface area contributed by atoms with Crippen molar-refractivity contribution in [2.45, 2.75) is 20.3 Å². The van der Waals surface area contributed by atoms with E-state index >= 15 is 0 Å². The number of carbonyl (C=O) groups is 2. The largest absolute Gasteiger partial charge is 0.494 e. The van der Waals surface area contributed by atoms with Crippen molar-refractivity contribution in [1.29, 1.82) is 0 Å². The summed E-state index contributed by atoms with van der Waals surface area (Å²) >= 11 is 1.40. The molecule has 8 heteroatoms. The molecule has 2 N–H and O–H groups in total. The number of hydrogen-bond acceptors (Lipinski definition) is 6. The first kappa shape index (κ1) is 18.7. The first-order valence-electron chi connectivity index (χ1n) is 8.38. The lowest BCUT2D eigenvalue weighted by atomic mass is 10.2. The zero-order valence-corrected chi connectivity index (χ0v) is 15.8. The summed E-state index contributed by atoms with van der Waals surface area (Å²) < 4.78 is 10.8. The summed E-state index contributed by atoms with van der Waals surface area (Å²) in [6, 6.07) is 10.4. The van der Waals surface area contributed by atoms with Crippen molar-refractivity contribution in [3.8, 4) is 16.5 Å². The molecule has 0 saturated heterocycles. The van der Waals surface area contributed by atoms with Gasteiger partial charge in [0.2, 0.25) is 5.91 Å². The van der Waals surface area contributed by atoms with Crippen LogP contribution in [0.25, 0.3) is 10.8 Å². The average molecular weight is 385 g/mol. The Kier molecular flexibility index (Phi) is 5.87. The van der Waals surface area contributed by atoms with E-state index in [9.17, 15) is 9.59 Å². The number of nitrogens with zero attached hydrogens (tertiary/aromatic N) is 1. The number of hydrogen-bond donors (Lipinski definition) is 2. The molecule has 0 radical (unpaired) electrons. The number of benzene rings is 1. The van der Waals surface area contributed by atoms with E-state index in [1.165, 1.54) is 11.3 Å². The van der Waals surface area contributed by atoms with Gasteiger partial charge in [-0.15, -0.1) is 11.3 Å². The highest BCUT2D eigenvalue weighted by molar-refractivity contribution is 7.13. The van der Waals surface area contributed by atoms with Crippen molar-refractivity contribution in [2.24, 2.45) is 0 Å². The van der Waals surface area contributed by atoms with Crippen LogP contribution in [0.15, 0.2) is 46.2 Å². The Bertz CT molecular complexity index is 931. The van der Waals surface area contributed by atoms with Gasteiger partial charge in [-0.2, -0.15) is 0 Å². The van der Waals surface area contributed by atoms with Crippen LogP contribution >= 0.6 is 11.3 Å². The van der Waals surface area contributed by atoms with Gasteiger partial charge in [0.15, 0.2) is 10.8 Å². The molecule has 140 valence electrons. The molecule has 0 fully saturated rings. The van der Waals surface area contributed by atoms with Crippen molar-refractivity contribution in [3.05, 3.63) is 58.8 Å². The van der Waals surface area contributed by atoms with Crippen molar-refractivity contribution in [1.82, 2.24) is 15.8 Å². The normalized spacial score (nSPS) is 10.4. The molecule has 2 heterocycles. The van der Waals surface area contributed by atoms with Crippen molar-refractivity contribution in [3.63, 3.8) is 0 Å². The molecule has 1 aromatic carbocycles. The molecular weight excluding hydrogens is 366 g/mol. The second kappa shape index (κ2) is 8.50. The minimum atomic E-state index is -0.406. The number of furan rings is 1. The number of aryl methyl sites for hydroxylation is 1. The maximum Gasteiger partial charge on any atom is 0.269 e. The molecule has 2 amide bonds. The third-order valence-corrected chi connectivity index (χ3v) is 4.49. The second-order valence-corrected chi connectivity index (χ2v) is 6.55. The number of carbonyl (C=O) groups excluding carboxylic acids is 2. The average Bonchev–Trinajstić information content (AvgIpc) is 3.29. The molecule has 3 aromatic rings. The highest BCUT2D eigenvalue weighted by Crippen LogP contribution is 2.25. The van der Waals surface area contributed by atoms with Crippen molar-refractivity contribution >= 4 is 23.2 Å². The monoisotopic (exact) mass is 385 g/mol. The maximum absolute atomic E-state index is 12.1. The molecule has 0 saturated carbocycles. The van der Waals surface area contributed by atoms with Crippen LogP contribution in [-0.2, 0) is 11.2 Å². The summed E-state index contributed by atoms with van der Waals surface area (Å²) in [7, 11) is 0. The van der Waals surface area contributed by atoms with E-state index in [4.69, 9.17) is 9.15 Å². The van der Waals surface area contributed by atoms with Gasteiger partial charge >= 0.3 is 0 Å². The molecule has 0 aliphatic carbocycles. The highest BCUT2D eigenvalue weighted by atomic mass is 32.1. The summed E-state index contributed by atoms with van der Waals surface area (Å²) in [4.78, 5) is 28.5. The van der Waals surface area contributed by atoms with Crippen LogP contribution in [0.3, 0.4) is 0 Å². The molecule has 0 spiro atoms. The van der Waals surface area contributed by atoms with Gasteiger partial charge in [0, 0.05) is 10.9 Å². The zero-order chi connectivity index (χ0) is 19.2. The zero-order valence-electron chi connectivity index (χ0n) is 14.9.